The van der Waals surface area contributed by atoms with Gasteiger partial charge in [0.2, 0.25) is 10.0 Å². The SMILES string of the molecule is Cc1ccc(S(=O)(=O)NCCC(=O)Oc2ccc(-c3cccc(F)c3)s2)cc1. The van der Waals surface area contributed by atoms with Gasteiger partial charge in [0, 0.05) is 11.4 Å². The van der Waals surface area contributed by atoms with Crippen molar-refractivity contribution in [3.05, 3.63) is 72.0 Å². The van der Waals surface area contributed by atoms with Crippen LogP contribution in [-0.4, -0.2) is 20.9 Å². The third-order valence-electron chi connectivity index (χ3n) is 3.86. The van der Waals surface area contributed by atoms with Crippen LogP contribution in [0.3, 0.4) is 0 Å². The van der Waals surface area contributed by atoms with E-state index in [0.717, 1.165) is 10.4 Å². The summed E-state index contributed by atoms with van der Waals surface area (Å²) >= 11 is 1.21. The number of hydrogen-bond donors (Lipinski definition) is 1. The molecule has 0 spiro atoms. The molecule has 0 radical (unpaired) electrons. The number of ether oxygens (including phenoxy) is 1. The molecule has 0 fully saturated rings. The molecule has 8 heteroatoms. The second-order valence-corrected chi connectivity index (χ2v) is 8.88. The molecule has 0 saturated heterocycles. The fourth-order valence-electron chi connectivity index (χ4n) is 2.42. The van der Waals surface area contributed by atoms with Crippen LogP contribution in [0.15, 0.2) is 65.6 Å². The van der Waals surface area contributed by atoms with Gasteiger partial charge in [0.05, 0.1) is 11.3 Å². The van der Waals surface area contributed by atoms with Crippen LogP contribution in [0.2, 0.25) is 0 Å². The maximum Gasteiger partial charge on any atom is 0.313 e. The van der Waals surface area contributed by atoms with Gasteiger partial charge in [0.1, 0.15) is 5.82 Å². The predicted molar refractivity (Wildman–Crippen MR) is 106 cm³/mol. The minimum Gasteiger partial charge on any atom is -0.415 e. The molecule has 3 rings (SSSR count). The van der Waals surface area contributed by atoms with Crippen molar-refractivity contribution in [1.82, 2.24) is 4.72 Å². The Morgan fingerprint density at radius 3 is 2.57 bits per heavy atom. The lowest BCUT2D eigenvalue weighted by Crippen LogP contribution is -2.27. The Bertz CT molecular complexity index is 1080. The maximum atomic E-state index is 13.3. The Kier molecular flexibility index (Phi) is 6.23. The molecule has 0 aliphatic carbocycles. The highest BCUT2D eigenvalue weighted by atomic mass is 32.2. The van der Waals surface area contributed by atoms with E-state index in [1.54, 1.807) is 36.4 Å². The zero-order valence-electron chi connectivity index (χ0n) is 15.0. The zero-order valence-corrected chi connectivity index (χ0v) is 16.6. The number of hydrogen-bond acceptors (Lipinski definition) is 5. The number of carbonyl (C=O) groups is 1. The summed E-state index contributed by atoms with van der Waals surface area (Å²) in [5.41, 5.74) is 1.65. The van der Waals surface area contributed by atoms with E-state index in [0.29, 0.717) is 10.6 Å². The van der Waals surface area contributed by atoms with Crippen molar-refractivity contribution in [2.24, 2.45) is 0 Å². The number of halogens is 1. The van der Waals surface area contributed by atoms with Gasteiger partial charge in [-0.2, -0.15) is 0 Å². The lowest BCUT2D eigenvalue weighted by atomic mass is 10.2. The van der Waals surface area contributed by atoms with Gasteiger partial charge in [-0.05, 0) is 48.9 Å². The third kappa shape index (κ3) is 5.25. The van der Waals surface area contributed by atoms with E-state index in [1.165, 1.54) is 35.6 Å². The van der Waals surface area contributed by atoms with Gasteiger partial charge < -0.3 is 4.74 Å². The molecule has 28 heavy (non-hydrogen) atoms. The van der Waals surface area contributed by atoms with Crippen LogP contribution in [0.1, 0.15) is 12.0 Å². The summed E-state index contributed by atoms with van der Waals surface area (Å²) in [5.74, 6) is -0.899. The van der Waals surface area contributed by atoms with Gasteiger partial charge in [0.25, 0.3) is 0 Å². The molecule has 2 aromatic carbocycles. The summed E-state index contributed by atoms with van der Waals surface area (Å²) in [6.45, 7) is 1.79. The minimum atomic E-state index is -3.67. The van der Waals surface area contributed by atoms with Crippen LogP contribution in [0.25, 0.3) is 10.4 Å². The largest absolute Gasteiger partial charge is 0.415 e. The van der Waals surface area contributed by atoms with Crippen molar-refractivity contribution in [3.8, 4) is 15.5 Å². The number of esters is 1. The fraction of sp³-hybridized carbons (Fsp3) is 0.150. The molecular formula is C20H18FNO4S2. The van der Waals surface area contributed by atoms with Gasteiger partial charge in [-0.3, -0.25) is 4.79 Å². The third-order valence-corrected chi connectivity index (χ3v) is 6.35. The number of thiophene rings is 1. The molecule has 0 unspecified atom stereocenters. The average Bonchev–Trinajstić information content (AvgIpc) is 3.10. The van der Waals surface area contributed by atoms with E-state index in [1.807, 2.05) is 6.92 Å². The molecule has 1 aromatic heterocycles. The van der Waals surface area contributed by atoms with E-state index in [9.17, 15) is 17.6 Å². The van der Waals surface area contributed by atoms with Crippen molar-refractivity contribution in [2.75, 3.05) is 6.54 Å². The summed E-state index contributed by atoms with van der Waals surface area (Å²) in [7, 11) is -3.67. The summed E-state index contributed by atoms with van der Waals surface area (Å²) in [6.07, 6.45) is -0.113. The van der Waals surface area contributed by atoms with Crippen molar-refractivity contribution < 1.29 is 22.3 Å². The zero-order chi connectivity index (χ0) is 20.1. The number of nitrogens with one attached hydrogen (secondary N) is 1. The highest BCUT2D eigenvalue weighted by Crippen LogP contribution is 2.33. The van der Waals surface area contributed by atoms with E-state index < -0.39 is 16.0 Å². The predicted octanol–water partition coefficient (Wildman–Crippen LogP) is 4.14. The lowest BCUT2D eigenvalue weighted by Gasteiger charge is -2.06. The highest BCUT2D eigenvalue weighted by molar-refractivity contribution is 7.89. The van der Waals surface area contributed by atoms with Crippen molar-refractivity contribution in [2.45, 2.75) is 18.2 Å². The minimum absolute atomic E-state index is 0.0723. The molecule has 0 amide bonds. The topological polar surface area (TPSA) is 72.5 Å². The summed E-state index contributed by atoms with van der Waals surface area (Å²) in [5, 5.41) is 0.366. The Labute approximate surface area is 166 Å². The molecule has 0 atom stereocenters. The molecule has 5 nitrogen and oxygen atoms in total. The van der Waals surface area contributed by atoms with E-state index >= 15 is 0 Å². The quantitative estimate of drug-likeness (QED) is 0.585. The number of carbonyl (C=O) groups excluding carboxylic acids is 1. The van der Waals surface area contributed by atoms with Crippen LogP contribution >= 0.6 is 11.3 Å². The van der Waals surface area contributed by atoms with Crippen molar-refractivity contribution >= 4 is 27.3 Å². The van der Waals surface area contributed by atoms with Gasteiger partial charge in [-0.15, -0.1) is 0 Å². The molecular weight excluding hydrogens is 401 g/mol. The normalized spacial score (nSPS) is 11.4. The fourth-order valence-corrected chi connectivity index (χ4v) is 4.32. The molecule has 0 bridgehead atoms. The van der Waals surface area contributed by atoms with Gasteiger partial charge >= 0.3 is 5.97 Å². The van der Waals surface area contributed by atoms with Crippen LogP contribution in [0.5, 0.6) is 5.06 Å². The number of aryl methyl sites for hydroxylation is 1. The van der Waals surface area contributed by atoms with Gasteiger partial charge in [-0.25, -0.2) is 17.5 Å². The smallest absolute Gasteiger partial charge is 0.313 e. The van der Waals surface area contributed by atoms with Crippen molar-refractivity contribution in [1.29, 1.82) is 0 Å². The van der Waals surface area contributed by atoms with E-state index in [4.69, 9.17) is 4.74 Å². The molecule has 146 valence electrons. The first-order chi connectivity index (χ1) is 13.3. The van der Waals surface area contributed by atoms with Gasteiger partial charge in [0.15, 0.2) is 5.06 Å². The molecule has 3 aromatic rings. The molecule has 0 aliphatic rings. The second kappa shape index (κ2) is 8.64. The Balaban J connectivity index is 1.53. The number of benzene rings is 2. The van der Waals surface area contributed by atoms with Gasteiger partial charge in [-0.1, -0.05) is 41.2 Å². The summed E-state index contributed by atoms with van der Waals surface area (Å²) < 4.78 is 45.3. The monoisotopic (exact) mass is 419 g/mol. The molecule has 0 aliphatic heterocycles. The van der Waals surface area contributed by atoms with Crippen LogP contribution in [0.4, 0.5) is 4.39 Å². The number of rotatable bonds is 7. The molecule has 0 saturated carbocycles. The van der Waals surface area contributed by atoms with Crippen LogP contribution in [-0.2, 0) is 14.8 Å². The lowest BCUT2D eigenvalue weighted by molar-refractivity contribution is -0.133. The maximum absolute atomic E-state index is 13.3. The van der Waals surface area contributed by atoms with E-state index in [2.05, 4.69) is 4.72 Å². The molecule has 1 N–H and O–H groups in total. The van der Waals surface area contributed by atoms with Crippen LogP contribution in [0, 0.1) is 12.7 Å². The first kappa shape index (κ1) is 20.2. The number of sulfonamides is 1. The highest BCUT2D eigenvalue weighted by Gasteiger charge is 2.15. The molecule has 1 heterocycles. The second-order valence-electron chi connectivity index (χ2n) is 6.06. The van der Waals surface area contributed by atoms with Crippen LogP contribution < -0.4 is 9.46 Å². The Morgan fingerprint density at radius 2 is 1.86 bits per heavy atom. The Hall–Kier alpha value is -2.55. The standard InChI is InChI=1S/C20H18FNO4S2/c1-14-5-7-17(8-6-14)28(24,25)22-12-11-19(23)26-20-10-9-18(27-20)15-3-2-4-16(21)13-15/h2-10,13,22H,11-12H2,1H3. The Morgan fingerprint density at radius 1 is 1.11 bits per heavy atom. The first-order valence-electron chi connectivity index (χ1n) is 8.46. The first-order valence-corrected chi connectivity index (χ1v) is 10.8. The van der Waals surface area contributed by atoms with E-state index in [-0.39, 0.29) is 23.7 Å². The summed E-state index contributed by atoms with van der Waals surface area (Å²) in [6, 6.07) is 15.9. The summed E-state index contributed by atoms with van der Waals surface area (Å²) in [4.78, 5) is 12.9. The van der Waals surface area contributed by atoms with Crippen molar-refractivity contribution in [3.63, 3.8) is 0 Å². The average molecular weight is 419 g/mol.